The Labute approximate surface area is 184 Å². The number of methoxy groups -OCH3 is 1. The number of hydrogen-bond acceptors (Lipinski definition) is 5. The first kappa shape index (κ1) is 20.9. The van der Waals surface area contributed by atoms with Crippen molar-refractivity contribution in [2.24, 2.45) is 0 Å². The molecule has 2 heterocycles. The van der Waals surface area contributed by atoms with Gasteiger partial charge in [0, 0.05) is 35.8 Å². The summed E-state index contributed by atoms with van der Waals surface area (Å²) in [5.74, 6) is -0.293. The van der Waals surface area contributed by atoms with Crippen molar-refractivity contribution < 1.29 is 14.3 Å². The lowest BCUT2D eigenvalue weighted by Gasteiger charge is -2.11. The summed E-state index contributed by atoms with van der Waals surface area (Å²) < 4.78 is 7.15. The standard InChI is InChI=1S/C24H21N3O3S/c1-16-20(13-22-23(28)26(11-12-30-2)24(29)31-22)19-9-5-6-10-21(19)27(16)15-18-8-4-3-7-17(18)14-25/h3-10,13H,11-12,15H2,1-2H3/b22-13+. The Morgan fingerprint density at radius 2 is 1.87 bits per heavy atom. The van der Waals surface area contributed by atoms with E-state index >= 15 is 0 Å². The molecule has 6 nitrogen and oxygen atoms in total. The van der Waals surface area contributed by atoms with Gasteiger partial charge < -0.3 is 9.30 Å². The molecule has 1 aliphatic heterocycles. The van der Waals surface area contributed by atoms with E-state index in [0.717, 1.165) is 39.5 Å². The number of benzene rings is 2. The summed E-state index contributed by atoms with van der Waals surface area (Å²) in [6.45, 7) is 3.08. The van der Waals surface area contributed by atoms with Crippen molar-refractivity contribution in [1.82, 2.24) is 9.47 Å². The number of amides is 2. The van der Waals surface area contributed by atoms with Gasteiger partial charge in [0.2, 0.25) is 0 Å². The van der Waals surface area contributed by atoms with Crippen LogP contribution in [0.2, 0.25) is 0 Å². The number of imide groups is 1. The molecule has 1 fully saturated rings. The Kier molecular flexibility index (Phi) is 5.94. The molecule has 0 saturated carbocycles. The summed E-state index contributed by atoms with van der Waals surface area (Å²) in [6, 6.07) is 17.8. The van der Waals surface area contributed by atoms with E-state index in [1.165, 1.54) is 12.0 Å². The number of nitrogens with zero attached hydrogens (tertiary/aromatic N) is 3. The van der Waals surface area contributed by atoms with Crippen LogP contribution in [0.3, 0.4) is 0 Å². The molecule has 0 radical (unpaired) electrons. The minimum Gasteiger partial charge on any atom is -0.383 e. The maximum Gasteiger partial charge on any atom is 0.293 e. The first-order valence-electron chi connectivity index (χ1n) is 9.85. The molecule has 0 aliphatic carbocycles. The zero-order chi connectivity index (χ0) is 22.0. The van der Waals surface area contributed by atoms with Crippen LogP contribution in [-0.2, 0) is 16.1 Å². The van der Waals surface area contributed by atoms with Crippen molar-refractivity contribution in [1.29, 1.82) is 5.26 Å². The molecule has 1 aromatic heterocycles. The van der Waals surface area contributed by atoms with Crippen LogP contribution in [0, 0.1) is 18.3 Å². The van der Waals surface area contributed by atoms with Gasteiger partial charge in [0.05, 0.1) is 29.7 Å². The topological polar surface area (TPSA) is 75.3 Å². The van der Waals surface area contributed by atoms with Crippen LogP contribution < -0.4 is 0 Å². The largest absolute Gasteiger partial charge is 0.383 e. The van der Waals surface area contributed by atoms with E-state index in [1.807, 2.05) is 61.5 Å². The van der Waals surface area contributed by atoms with Gasteiger partial charge in [-0.25, -0.2) is 0 Å². The molecule has 2 amide bonds. The zero-order valence-electron chi connectivity index (χ0n) is 17.3. The van der Waals surface area contributed by atoms with Crippen molar-refractivity contribution in [2.45, 2.75) is 13.5 Å². The summed E-state index contributed by atoms with van der Waals surface area (Å²) in [4.78, 5) is 26.7. The number of nitriles is 1. The number of para-hydroxylation sites is 1. The second-order valence-corrected chi connectivity index (χ2v) is 8.19. The van der Waals surface area contributed by atoms with Gasteiger partial charge in [-0.05, 0) is 42.5 Å². The molecule has 1 aliphatic rings. The maximum atomic E-state index is 12.8. The highest BCUT2D eigenvalue weighted by molar-refractivity contribution is 8.18. The Morgan fingerprint density at radius 1 is 1.13 bits per heavy atom. The molecule has 4 rings (SSSR count). The average Bonchev–Trinajstić information content (AvgIpc) is 3.20. The van der Waals surface area contributed by atoms with Crippen LogP contribution in [0.4, 0.5) is 4.79 Å². The van der Waals surface area contributed by atoms with Crippen LogP contribution in [0.25, 0.3) is 17.0 Å². The van der Waals surface area contributed by atoms with E-state index < -0.39 is 0 Å². The van der Waals surface area contributed by atoms with E-state index in [9.17, 15) is 14.9 Å². The molecule has 156 valence electrons. The number of rotatable bonds is 6. The number of carbonyl (C=O) groups excluding carboxylic acids is 2. The van der Waals surface area contributed by atoms with Gasteiger partial charge in [-0.15, -0.1) is 0 Å². The molecule has 0 N–H and O–H groups in total. The second kappa shape index (κ2) is 8.80. The third kappa shape index (κ3) is 3.88. The van der Waals surface area contributed by atoms with E-state index in [2.05, 4.69) is 10.6 Å². The van der Waals surface area contributed by atoms with Crippen molar-refractivity contribution >= 4 is 39.9 Å². The molecule has 0 atom stereocenters. The third-order valence-corrected chi connectivity index (χ3v) is 6.32. The summed E-state index contributed by atoms with van der Waals surface area (Å²) in [6.07, 6.45) is 1.81. The number of ether oxygens (including phenoxy) is 1. The molecule has 1 saturated heterocycles. The van der Waals surface area contributed by atoms with E-state index in [-0.39, 0.29) is 17.7 Å². The van der Waals surface area contributed by atoms with Gasteiger partial charge >= 0.3 is 0 Å². The monoisotopic (exact) mass is 431 g/mol. The highest BCUT2D eigenvalue weighted by Crippen LogP contribution is 2.35. The van der Waals surface area contributed by atoms with Crippen LogP contribution in [0.1, 0.15) is 22.4 Å². The molecule has 0 unspecified atom stereocenters. The number of hydrogen-bond donors (Lipinski definition) is 0. The van der Waals surface area contributed by atoms with Crippen molar-refractivity contribution in [3.63, 3.8) is 0 Å². The van der Waals surface area contributed by atoms with Gasteiger partial charge in [-0.3, -0.25) is 14.5 Å². The number of fused-ring (bicyclic) bond motifs is 1. The van der Waals surface area contributed by atoms with Gasteiger partial charge in [-0.2, -0.15) is 5.26 Å². The van der Waals surface area contributed by atoms with Crippen molar-refractivity contribution in [2.75, 3.05) is 20.3 Å². The van der Waals surface area contributed by atoms with Crippen LogP contribution >= 0.6 is 11.8 Å². The lowest BCUT2D eigenvalue weighted by atomic mass is 10.1. The van der Waals surface area contributed by atoms with Crippen molar-refractivity contribution in [3.05, 3.63) is 75.8 Å². The number of thioether (sulfide) groups is 1. The molecule has 2 aromatic carbocycles. The predicted octanol–water partition coefficient (Wildman–Crippen LogP) is 4.55. The highest BCUT2D eigenvalue weighted by atomic mass is 32.2. The van der Waals surface area contributed by atoms with E-state index in [1.54, 1.807) is 0 Å². The highest BCUT2D eigenvalue weighted by Gasteiger charge is 2.35. The fraction of sp³-hybridized carbons (Fsp3) is 0.208. The Balaban J connectivity index is 1.78. The van der Waals surface area contributed by atoms with Gasteiger partial charge in [0.25, 0.3) is 11.1 Å². The fourth-order valence-electron chi connectivity index (χ4n) is 3.79. The Morgan fingerprint density at radius 3 is 2.65 bits per heavy atom. The normalized spacial score (nSPS) is 15.3. The van der Waals surface area contributed by atoms with Gasteiger partial charge in [0.1, 0.15) is 0 Å². The van der Waals surface area contributed by atoms with Gasteiger partial charge in [0.15, 0.2) is 0 Å². The van der Waals surface area contributed by atoms with Crippen LogP contribution in [0.15, 0.2) is 53.4 Å². The van der Waals surface area contributed by atoms with E-state index in [4.69, 9.17) is 4.74 Å². The van der Waals surface area contributed by atoms with Crippen LogP contribution in [0.5, 0.6) is 0 Å². The minimum atomic E-state index is -0.293. The molecule has 31 heavy (non-hydrogen) atoms. The summed E-state index contributed by atoms with van der Waals surface area (Å²) in [5.41, 5.74) is 4.46. The third-order valence-electron chi connectivity index (χ3n) is 5.41. The number of carbonyl (C=O) groups is 2. The van der Waals surface area contributed by atoms with Crippen LogP contribution in [-0.4, -0.2) is 40.9 Å². The smallest absolute Gasteiger partial charge is 0.293 e. The predicted molar refractivity (Wildman–Crippen MR) is 121 cm³/mol. The first-order valence-corrected chi connectivity index (χ1v) is 10.7. The SMILES string of the molecule is COCCN1C(=O)S/C(=C/c2c(C)n(Cc3ccccc3C#N)c3ccccc23)C1=O. The lowest BCUT2D eigenvalue weighted by molar-refractivity contribution is -0.123. The summed E-state index contributed by atoms with van der Waals surface area (Å²) in [5, 5.41) is 10.2. The summed E-state index contributed by atoms with van der Waals surface area (Å²) in [7, 11) is 1.54. The summed E-state index contributed by atoms with van der Waals surface area (Å²) >= 11 is 0.954. The first-order chi connectivity index (χ1) is 15.0. The molecule has 3 aromatic rings. The quantitative estimate of drug-likeness (QED) is 0.535. The van der Waals surface area contributed by atoms with Gasteiger partial charge in [-0.1, -0.05) is 36.4 Å². The minimum absolute atomic E-state index is 0.240. The maximum absolute atomic E-state index is 12.8. The molecular formula is C24H21N3O3S. The fourth-order valence-corrected chi connectivity index (χ4v) is 4.63. The Bertz CT molecular complexity index is 1250. The molecule has 0 spiro atoms. The lowest BCUT2D eigenvalue weighted by Crippen LogP contribution is -2.31. The average molecular weight is 432 g/mol. The van der Waals surface area contributed by atoms with E-state index in [0.29, 0.717) is 23.6 Å². The number of aromatic nitrogens is 1. The second-order valence-electron chi connectivity index (χ2n) is 7.20. The zero-order valence-corrected chi connectivity index (χ0v) is 18.1. The molecular weight excluding hydrogens is 410 g/mol. The molecule has 7 heteroatoms. The Hall–Kier alpha value is -3.34. The van der Waals surface area contributed by atoms with Crippen molar-refractivity contribution in [3.8, 4) is 6.07 Å². The molecule has 0 bridgehead atoms.